The highest BCUT2D eigenvalue weighted by molar-refractivity contribution is 5.85. The average Bonchev–Trinajstić information content (AvgIpc) is 3.31. The van der Waals surface area contributed by atoms with Gasteiger partial charge in [0.15, 0.2) is 0 Å². The van der Waals surface area contributed by atoms with Crippen LogP contribution in [0.2, 0.25) is 0 Å². The maximum atomic E-state index is 4.73. The average molecular weight is 773 g/mol. The van der Waals surface area contributed by atoms with Gasteiger partial charge in [0.05, 0.1) is 26.2 Å². The third-order valence-corrected chi connectivity index (χ3v) is 10.8. The van der Waals surface area contributed by atoms with Crippen LogP contribution >= 0.6 is 0 Å². The Morgan fingerprint density at radius 3 is 0.650 bits per heavy atom. The molecule has 0 amide bonds. The van der Waals surface area contributed by atoms with Gasteiger partial charge < -0.3 is 0 Å². The minimum absolute atomic E-state index is 0.625. The van der Waals surface area contributed by atoms with Crippen molar-refractivity contribution in [3.05, 3.63) is 239 Å². The molecule has 10 aliphatic rings. The van der Waals surface area contributed by atoms with Gasteiger partial charge in [0.25, 0.3) is 0 Å². The normalized spacial score (nSPS) is 12.8. The van der Waals surface area contributed by atoms with E-state index in [0.29, 0.717) is 26.2 Å². The molecule has 0 spiro atoms. The Morgan fingerprint density at radius 2 is 0.433 bits per heavy atom. The molecule has 18 rings (SSSR count). The molecule has 288 valence electrons. The molecule has 0 atom stereocenters. The van der Waals surface area contributed by atoms with Crippen LogP contribution in [-0.4, -0.2) is 24.9 Å². The van der Waals surface area contributed by atoms with E-state index in [9.17, 15) is 0 Å². The summed E-state index contributed by atoms with van der Waals surface area (Å²) in [5.41, 5.74) is 18.5. The van der Waals surface area contributed by atoms with Gasteiger partial charge in [-0.05, 0) is 101 Å². The molecule has 4 nitrogen and oxygen atoms in total. The van der Waals surface area contributed by atoms with Gasteiger partial charge in [0, 0.05) is 24.9 Å². The van der Waals surface area contributed by atoms with Gasteiger partial charge in [0.2, 0.25) is 0 Å². The van der Waals surface area contributed by atoms with E-state index in [-0.39, 0.29) is 0 Å². The molecule has 0 saturated carbocycles. The smallest absolute Gasteiger partial charge is 0.0639 e. The number of hydrogen-bond acceptors (Lipinski definition) is 4. The molecule has 0 saturated heterocycles. The van der Waals surface area contributed by atoms with E-state index < -0.39 is 0 Å². The van der Waals surface area contributed by atoms with Gasteiger partial charge in [-0.2, -0.15) is 0 Å². The lowest BCUT2D eigenvalue weighted by Gasteiger charge is -2.08. The van der Waals surface area contributed by atoms with Gasteiger partial charge >= 0.3 is 0 Å². The molecule has 60 heavy (non-hydrogen) atoms. The van der Waals surface area contributed by atoms with Crippen LogP contribution < -0.4 is 0 Å². The van der Waals surface area contributed by atoms with E-state index in [2.05, 4.69) is 194 Å². The molecule has 8 aromatic carbocycles. The van der Waals surface area contributed by atoms with Gasteiger partial charge in [-0.3, -0.25) is 20.0 Å². The molecule has 0 unspecified atom stereocenters. The predicted octanol–water partition coefficient (Wildman–Crippen LogP) is 13.1. The maximum absolute atomic E-state index is 4.73. The first-order valence-electron chi connectivity index (χ1n) is 20.4. The van der Waals surface area contributed by atoms with E-state index >= 15 is 0 Å². The van der Waals surface area contributed by atoms with Crippen molar-refractivity contribution >= 4 is 24.9 Å². The molecule has 10 aliphatic heterocycles. The minimum atomic E-state index is 0.625. The van der Waals surface area contributed by atoms with E-state index in [1.807, 2.05) is 24.9 Å². The fourth-order valence-electron chi connectivity index (χ4n) is 7.33. The van der Waals surface area contributed by atoms with Crippen LogP contribution in [0.15, 0.2) is 214 Å². The third kappa shape index (κ3) is 9.75. The fourth-order valence-corrected chi connectivity index (χ4v) is 7.33. The summed E-state index contributed by atoms with van der Waals surface area (Å²) >= 11 is 0. The zero-order valence-electron chi connectivity index (χ0n) is 33.4. The van der Waals surface area contributed by atoms with Crippen molar-refractivity contribution in [2.75, 3.05) is 0 Å². The summed E-state index contributed by atoms with van der Waals surface area (Å²) in [5, 5.41) is 0. The van der Waals surface area contributed by atoms with E-state index in [0.717, 1.165) is 22.3 Å². The predicted molar refractivity (Wildman–Crippen MR) is 253 cm³/mol. The second kappa shape index (κ2) is 18.4. The summed E-state index contributed by atoms with van der Waals surface area (Å²) in [6.07, 6.45) is 7.77. The lowest BCUT2D eigenvalue weighted by molar-refractivity contribution is 1.08. The lowest BCUT2D eigenvalue weighted by Crippen LogP contribution is -1.89. The second-order valence-electron chi connectivity index (χ2n) is 15.2. The Labute approximate surface area is 352 Å². The van der Waals surface area contributed by atoms with Crippen LogP contribution in [0.1, 0.15) is 44.5 Å². The molecule has 0 aromatic heterocycles. The van der Waals surface area contributed by atoms with Gasteiger partial charge in [-0.25, -0.2) is 0 Å². The highest BCUT2D eigenvalue weighted by Crippen LogP contribution is 2.29. The summed E-state index contributed by atoms with van der Waals surface area (Å²) in [6, 6.07) is 69.0. The van der Waals surface area contributed by atoms with Crippen molar-refractivity contribution in [1.29, 1.82) is 0 Å². The zero-order valence-corrected chi connectivity index (χ0v) is 33.4. The summed E-state index contributed by atoms with van der Waals surface area (Å²) in [7, 11) is 0. The Bertz CT molecular complexity index is 2410. The maximum Gasteiger partial charge on any atom is 0.0639 e. The summed E-state index contributed by atoms with van der Waals surface area (Å²) in [5.74, 6) is 0. The van der Waals surface area contributed by atoms with Crippen LogP contribution in [0.25, 0.3) is 44.5 Å². The molecule has 0 aliphatic carbocycles. The van der Waals surface area contributed by atoms with Gasteiger partial charge in [-0.1, -0.05) is 182 Å². The third-order valence-electron chi connectivity index (χ3n) is 10.8. The van der Waals surface area contributed by atoms with E-state index in [1.165, 1.54) is 66.8 Å². The highest BCUT2D eigenvalue weighted by atomic mass is 14.7. The van der Waals surface area contributed by atoms with Gasteiger partial charge in [0.1, 0.15) is 0 Å². The van der Waals surface area contributed by atoms with Crippen molar-refractivity contribution < 1.29 is 0 Å². The Balaban J connectivity index is 0.928. The molecule has 0 fully saturated rings. The first kappa shape index (κ1) is 38.0. The number of hydrogen-bond donors (Lipinski definition) is 0. The first-order chi connectivity index (χ1) is 29.7. The zero-order chi connectivity index (χ0) is 40.4. The second-order valence-corrected chi connectivity index (χ2v) is 15.2. The van der Waals surface area contributed by atoms with E-state index in [1.54, 1.807) is 0 Å². The highest BCUT2D eigenvalue weighted by Gasteiger charge is 2.05. The minimum Gasteiger partial charge on any atom is -0.288 e. The number of rotatable bonds is 0. The number of benzene rings is 8. The van der Waals surface area contributed by atoms with Crippen LogP contribution in [0.5, 0.6) is 0 Å². The van der Waals surface area contributed by atoms with Gasteiger partial charge in [-0.15, -0.1) is 0 Å². The van der Waals surface area contributed by atoms with Crippen LogP contribution in [-0.2, 0) is 26.2 Å². The summed E-state index contributed by atoms with van der Waals surface area (Å²) in [6.45, 7) is 2.50. The summed E-state index contributed by atoms with van der Waals surface area (Å²) < 4.78 is 0. The van der Waals surface area contributed by atoms with Crippen molar-refractivity contribution in [1.82, 2.24) is 0 Å². The summed E-state index contributed by atoms with van der Waals surface area (Å²) in [4.78, 5) is 18.9. The Kier molecular flexibility index (Phi) is 11.6. The van der Waals surface area contributed by atoms with Crippen molar-refractivity contribution in [2.45, 2.75) is 26.2 Å². The lowest BCUT2D eigenvalue weighted by atomic mass is 9.98. The topological polar surface area (TPSA) is 49.4 Å². The number of nitrogens with zero attached hydrogens (tertiary/aromatic N) is 4. The number of aliphatic imine (C=N–C) groups is 4. The van der Waals surface area contributed by atoms with Crippen LogP contribution in [0, 0.1) is 0 Å². The standard InChI is InChI=1S/C56H44N4/c1-3-53-31-54(4-1)50-25-17-46(18-26-50)38-58-34-42-9-13-44(14-10-42)36-60-40-48-21-29-52(30-22-48)56-6-2-5-55(32-56)51-27-19-47(20-28-51)39-59-35-43-11-7-41(8-12-43)33-57-37-45-15-23-49(53)24-16-45/h1-36H,37-40H2. The van der Waals surface area contributed by atoms with Crippen molar-refractivity contribution in [3.63, 3.8) is 0 Å². The molecular weight excluding hydrogens is 729 g/mol. The SMILES string of the molecule is C1=NCc2ccc(cc2)-c2cccc(c2)-c2ccc(cc2)CN=Cc2ccc(cc2)C=NCc2ccc(cc2)-c2cccc(c2)-c2ccc(cc2)CN=Cc2ccc1cc2. The fraction of sp³-hybridized carbons (Fsp3) is 0.0714. The molecule has 4 heteroatoms. The molecular formula is C56H44N4. The first-order valence-corrected chi connectivity index (χ1v) is 20.4. The largest absolute Gasteiger partial charge is 0.288 e. The van der Waals surface area contributed by atoms with E-state index in [4.69, 9.17) is 20.0 Å². The monoisotopic (exact) mass is 772 g/mol. The molecule has 16 bridgehead atoms. The quantitative estimate of drug-likeness (QED) is 0.147. The van der Waals surface area contributed by atoms with Crippen LogP contribution in [0.4, 0.5) is 0 Å². The van der Waals surface area contributed by atoms with Crippen molar-refractivity contribution in [2.24, 2.45) is 20.0 Å². The molecule has 10 heterocycles. The Morgan fingerprint density at radius 1 is 0.217 bits per heavy atom. The molecule has 0 N–H and O–H groups in total. The van der Waals surface area contributed by atoms with Crippen LogP contribution in [0.3, 0.4) is 0 Å². The molecule has 0 radical (unpaired) electrons. The van der Waals surface area contributed by atoms with Crippen molar-refractivity contribution in [3.8, 4) is 44.5 Å². The Hall–Kier alpha value is -7.56. The molecule has 8 aromatic rings.